The first-order valence-electron chi connectivity index (χ1n) is 7.40. The Morgan fingerprint density at radius 1 is 1.39 bits per heavy atom. The van der Waals surface area contributed by atoms with Crippen molar-refractivity contribution in [3.63, 3.8) is 0 Å². The zero-order valence-electron chi connectivity index (χ0n) is 12.8. The molecule has 0 bridgehead atoms. The molecule has 1 fully saturated rings. The molecule has 0 unspecified atom stereocenters. The van der Waals surface area contributed by atoms with Gasteiger partial charge < -0.3 is 14.2 Å². The number of benzene rings is 1. The lowest BCUT2D eigenvalue weighted by Gasteiger charge is -2.16. The van der Waals surface area contributed by atoms with E-state index in [1.807, 2.05) is 24.3 Å². The van der Waals surface area contributed by atoms with Crippen LogP contribution in [0.3, 0.4) is 0 Å². The van der Waals surface area contributed by atoms with Crippen LogP contribution in [-0.2, 0) is 13.7 Å². The summed E-state index contributed by atoms with van der Waals surface area (Å²) in [5, 5.41) is 2.67. The van der Waals surface area contributed by atoms with Crippen LogP contribution < -0.4 is 10.2 Å². The van der Waals surface area contributed by atoms with Crippen molar-refractivity contribution in [2.24, 2.45) is 0 Å². The number of hydrogen-bond acceptors (Lipinski definition) is 5. The molecule has 1 aromatic carbocycles. The van der Waals surface area contributed by atoms with Gasteiger partial charge in [-0.1, -0.05) is 18.2 Å². The van der Waals surface area contributed by atoms with Crippen LogP contribution in [0.1, 0.15) is 12.5 Å². The lowest BCUT2D eigenvalue weighted by Crippen LogP contribution is -2.33. The van der Waals surface area contributed by atoms with Crippen molar-refractivity contribution in [3.05, 3.63) is 35.9 Å². The third-order valence-electron chi connectivity index (χ3n) is 3.70. The normalized spacial score (nSPS) is 20.9. The summed E-state index contributed by atoms with van der Waals surface area (Å²) in [5.41, 5.74) is 3.16. The second kappa shape index (κ2) is 7.06. The maximum atomic E-state index is 12.0. The van der Waals surface area contributed by atoms with Gasteiger partial charge in [0.05, 0.1) is 19.7 Å². The Labute approximate surface area is 139 Å². The van der Waals surface area contributed by atoms with Gasteiger partial charge >= 0.3 is 6.09 Å². The van der Waals surface area contributed by atoms with Gasteiger partial charge in [0.1, 0.15) is 6.10 Å². The molecule has 2 aliphatic rings. The maximum Gasteiger partial charge on any atom is 0.414 e. The highest BCUT2D eigenvalue weighted by molar-refractivity contribution is 7.95. The van der Waals surface area contributed by atoms with Crippen molar-refractivity contribution in [2.45, 2.75) is 13.0 Å². The number of hydrogen-bond donors (Lipinski definition) is 1. The molecule has 3 rings (SSSR count). The number of cyclic esters (lactones) is 1. The lowest BCUT2D eigenvalue weighted by atomic mass is 10.1. The largest absolute Gasteiger partial charge is 0.442 e. The van der Waals surface area contributed by atoms with Crippen molar-refractivity contribution in [1.29, 1.82) is 0 Å². The van der Waals surface area contributed by atoms with Crippen LogP contribution in [0.4, 0.5) is 10.5 Å². The fraction of sp³-hybridized carbons (Fsp3) is 0.375. The second-order valence-electron chi connectivity index (χ2n) is 5.38. The third kappa shape index (κ3) is 3.86. The number of amides is 2. The molecular weight excluding hydrogens is 316 g/mol. The number of rotatable bonds is 4. The fourth-order valence-corrected chi connectivity index (χ4v) is 3.16. The van der Waals surface area contributed by atoms with Gasteiger partial charge in [0.2, 0.25) is 5.91 Å². The predicted octanol–water partition coefficient (Wildman–Crippen LogP) is 2.21. The van der Waals surface area contributed by atoms with E-state index in [0.717, 1.165) is 17.0 Å². The molecular formula is C16H18N2O4S. The highest BCUT2D eigenvalue weighted by Crippen LogP contribution is 2.27. The number of nitrogens with zero attached hydrogens (tertiary/aromatic N) is 1. The Kier molecular flexibility index (Phi) is 4.88. The summed E-state index contributed by atoms with van der Waals surface area (Å²) in [6.07, 6.45) is 1.37. The molecule has 1 saturated heterocycles. The van der Waals surface area contributed by atoms with E-state index >= 15 is 0 Å². The van der Waals surface area contributed by atoms with Crippen LogP contribution in [0.2, 0.25) is 0 Å². The van der Waals surface area contributed by atoms with Gasteiger partial charge in [-0.3, -0.25) is 9.69 Å². The van der Waals surface area contributed by atoms with Crippen LogP contribution >= 0.6 is 12.0 Å². The van der Waals surface area contributed by atoms with Gasteiger partial charge in [-0.25, -0.2) is 4.79 Å². The molecule has 7 heteroatoms. The molecule has 0 aromatic heterocycles. The molecule has 0 aliphatic carbocycles. The van der Waals surface area contributed by atoms with E-state index in [9.17, 15) is 9.59 Å². The molecule has 6 nitrogen and oxygen atoms in total. The van der Waals surface area contributed by atoms with Gasteiger partial charge in [-0.05, 0) is 35.3 Å². The van der Waals surface area contributed by atoms with E-state index in [1.54, 1.807) is 4.90 Å². The van der Waals surface area contributed by atoms with Gasteiger partial charge in [0.15, 0.2) is 0 Å². The van der Waals surface area contributed by atoms with Gasteiger partial charge in [-0.15, -0.1) is 0 Å². The van der Waals surface area contributed by atoms with Crippen LogP contribution in [0.5, 0.6) is 0 Å². The van der Waals surface area contributed by atoms with Crippen molar-refractivity contribution >= 4 is 35.3 Å². The third-order valence-corrected chi connectivity index (χ3v) is 4.43. The van der Waals surface area contributed by atoms with Crippen molar-refractivity contribution in [3.8, 4) is 0 Å². The van der Waals surface area contributed by atoms with Crippen LogP contribution in [0.15, 0.2) is 30.3 Å². The summed E-state index contributed by atoms with van der Waals surface area (Å²) in [7, 11) is 0. The lowest BCUT2D eigenvalue weighted by molar-refractivity contribution is -0.119. The average Bonchev–Trinajstić information content (AvgIpc) is 2.95. The summed E-state index contributed by atoms with van der Waals surface area (Å²) >= 11 is 1.45. The Hall–Kier alpha value is -1.99. The molecule has 1 atom stereocenters. The monoisotopic (exact) mass is 334 g/mol. The first kappa shape index (κ1) is 15.9. The van der Waals surface area contributed by atoms with E-state index < -0.39 is 0 Å². The molecule has 1 N–H and O–H groups in total. The number of anilines is 1. The highest BCUT2D eigenvalue weighted by Gasteiger charge is 2.32. The smallest absolute Gasteiger partial charge is 0.414 e. The molecule has 23 heavy (non-hydrogen) atoms. The Balaban J connectivity index is 1.66. The number of carbonyl (C=O) groups excluding carboxylic acids is 2. The van der Waals surface area contributed by atoms with Crippen molar-refractivity contribution in [1.82, 2.24) is 5.32 Å². The minimum atomic E-state index is -0.381. The molecule has 122 valence electrons. The number of carbonyl (C=O) groups is 2. The van der Waals surface area contributed by atoms with Crippen molar-refractivity contribution < 1.29 is 18.5 Å². The van der Waals surface area contributed by atoms with Gasteiger partial charge in [0, 0.05) is 18.4 Å². The molecule has 2 amide bonds. The maximum absolute atomic E-state index is 12.0. The Morgan fingerprint density at radius 3 is 2.83 bits per heavy atom. The van der Waals surface area contributed by atoms with E-state index in [0.29, 0.717) is 19.7 Å². The fourth-order valence-electron chi connectivity index (χ4n) is 2.50. The van der Waals surface area contributed by atoms with Gasteiger partial charge in [-0.2, -0.15) is 0 Å². The zero-order chi connectivity index (χ0) is 16.2. The molecule has 0 saturated carbocycles. The standard InChI is InChI=1S/C16H18N2O4S/c1-11(19)17-8-15-9-18(16(20)22-15)14-4-2-12(3-5-14)13-6-7-21-23-10-13/h2-6,15H,7-10H2,1H3,(H,17,19)/t15-/m0/s1. The Bertz CT molecular complexity index is 629. The molecule has 1 aromatic rings. The van der Waals surface area contributed by atoms with Crippen LogP contribution in [0.25, 0.3) is 5.57 Å². The SMILES string of the molecule is CC(=O)NC[C@H]1CN(c2ccc(C3=CCOSC3)cc2)C(=O)O1. The quantitative estimate of drug-likeness (QED) is 0.855. The van der Waals surface area contributed by atoms with Gasteiger partial charge in [0.25, 0.3) is 0 Å². The second-order valence-corrected chi connectivity index (χ2v) is 6.14. The molecule has 2 aliphatic heterocycles. The van der Waals surface area contributed by atoms with E-state index in [2.05, 4.69) is 11.4 Å². The van der Waals surface area contributed by atoms with Crippen LogP contribution in [-0.4, -0.2) is 43.6 Å². The molecule has 0 radical (unpaired) electrons. The summed E-state index contributed by atoms with van der Waals surface area (Å²) in [5.74, 6) is 0.690. The van der Waals surface area contributed by atoms with Crippen LogP contribution in [0, 0.1) is 0 Å². The predicted molar refractivity (Wildman–Crippen MR) is 89.1 cm³/mol. The van der Waals surface area contributed by atoms with E-state index in [-0.39, 0.29) is 18.1 Å². The van der Waals surface area contributed by atoms with E-state index in [1.165, 1.54) is 24.5 Å². The number of ether oxygens (including phenoxy) is 1. The minimum Gasteiger partial charge on any atom is -0.442 e. The summed E-state index contributed by atoms with van der Waals surface area (Å²) in [6, 6.07) is 7.83. The van der Waals surface area contributed by atoms with Crippen molar-refractivity contribution in [2.75, 3.05) is 30.3 Å². The Morgan fingerprint density at radius 2 is 2.17 bits per heavy atom. The number of nitrogens with one attached hydrogen (secondary N) is 1. The highest BCUT2D eigenvalue weighted by atomic mass is 32.2. The first-order valence-corrected chi connectivity index (χ1v) is 8.31. The minimum absolute atomic E-state index is 0.133. The summed E-state index contributed by atoms with van der Waals surface area (Å²) in [4.78, 5) is 24.5. The molecule has 2 heterocycles. The van der Waals surface area contributed by atoms with E-state index in [4.69, 9.17) is 8.92 Å². The zero-order valence-corrected chi connectivity index (χ0v) is 13.6. The summed E-state index contributed by atoms with van der Waals surface area (Å²) < 4.78 is 10.5. The molecule has 0 spiro atoms. The average molecular weight is 334 g/mol. The summed E-state index contributed by atoms with van der Waals surface area (Å²) in [6.45, 7) is 2.83. The first-order chi connectivity index (χ1) is 11.1. The topological polar surface area (TPSA) is 67.9 Å².